The van der Waals surface area contributed by atoms with Crippen LogP contribution in [0.5, 0.6) is 0 Å². The predicted molar refractivity (Wildman–Crippen MR) is 104 cm³/mol. The van der Waals surface area contributed by atoms with E-state index in [1.807, 2.05) is 37.3 Å². The molecule has 1 amide bonds. The number of allylic oxidation sites excluding steroid dienone is 2. The van der Waals surface area contributed by atoms with E-state index in [2.05, 4.69) is 23.6 Å². The summed E-state index contributed by atoms with van der Waals surface area (Å²) in [5, 5.41) is 3.20. The number of rotatable bonds is 5. The summed E-state index contributed by atoms with van der Waals surface area (Å²) in [4.78, 5) is 18.2. The molecule has 0 aromatic heterocycles. The Morgan fingerprint density at radius 2 is 2.12 bits per heavy atom. The summed E-state index contributed by atoms with van der Waals surface area (Å²) < 4.78 is 0. The van der Waals surface area contributed by atoms with Crippen LogP contribution in [0.25, 0.3) is 0 Å². The van der Waals surface area contributed by atoms with Crippen molar-refractivity contribution in [3.63, 3.8) is 0 Å². The van der Waals surface area contributed by atoms with Gasteiger partial charge in [0.05, 0.1) is 6.54 Å². The fourth-order valence-electron chi connectivity index (χ4n) is 2.82. The van der Waals surface area contributed by atoms with Gasteiger partial charge in [0.25, 0.3) is 5.91 Å². The smallest absolute Gasteiger partial charge is 0.258 e. The first-order valence-corrected chi connectivity index (χ1v) is 7.89. The Morgan fingerprint density at radius 3 is 2.88 bits per heavy atom. The lowest BCUT2D eigenvalue weighted by atomic mass is 10.1. The first-order valence-electron chi connectivity index (χ1n) is 7.89. The molecule has 1 aliphatic rings. The van der Waals surface area contributed by atoms with Crippen LogP contribution in [0.2, 0.25) is 0 Å². The molecule has 25 heavy (non-hydrogen) atoms. The van der Waals surface area contributed by atoms with Crippen LogP contribution in [-0.4, -0.2) is 12.6 Å². The van der Waals surface area contributed by atoms with Gasteiger partial charge in [-0.2, -0.15) is 0 Å². The predicted octanol–water partition coefficient (Wildman–Crippen LogP) is 3.96. The third kappa shape index (κ3) is 3.45. The van der Waals surface area contributed by atoms with Crippen molar-refractivity contribution in [2.45, 2.75) is 13.5 Å². The highest BCUT2D eigenvalue weighted by molar-refractivity contribution is 6.10. The number of aliphatic imine (C=N–C) groups is 1. The van der Waals surface area contributed by atoms with E-state index in [1.165, 1.54) is 0 Å². The minimum Gasteiger partial charge on any atom is -0.399 e. The van der Waals surface area contributed by atoms with Crippen LogP contribution in [0.1, 0.15) is 22.8 Å². The van der Waals surface area contributed by atoms with Crippen LogP contribution in [-0.2, 0) is 6.54 Å². The number of hydrogen-bond donors (Lipinski definition) is 2. The number of carbonyl (C=O) groups excluding carboxylic acids is 1. The van der Waals surface area contributed by atoms with Crippen LogP contribution in [0.4, 0.5) is 17.1 Å². The van der Waals surface area contributed by atoms with E-state index in [0.717, 1.165) is 22.6 Å². The fraction of sp³-hybridized carbons (Fsp3) is 0.100. The topological polar surface area (TPSA) is 70.7 Å². The molecule has 1 aliphatic heterocycles. The molecule has 2 aromatic rings. The second-order valence-electron chi connectivity index (χ2n) is 5.95. The summed E-state index contributed by atoms with van der Waals surface area (Å²) in [6.07, 6.45) is 1.80. The Morgan fingerprint density at radius 1 is 1.32 bits per heavy atom. The fourth-order valence-corrected chi connectivity index (χ4v) is 2.82. The molecule has 0 spiro atoms. The van der Waals surface area contributed by atoms with E-state index in [9.17, 15) is 4.79 Å². The Bertz CT molecular complexity index is 898. The van der Waals surface area contributed by atoms with Gasteiger partial charge < -0.3 is 16.0 Å². The molecule has 1 heterocycles. The highest BCUT2D eigenvalue weighted by Gasteiger charge is 2.28. The minimum absolute atomic E-state index is 0.0161. The molecule has 0 atom stereocenters. The van der Waals surface area contributed by atoms with Gasteiger partial charge in [-0.3, -0.25) is 9.79 Å². The van der Waals surface area contributed by atoms with E-state index in [1.54, 1.807) is 23.1 Å². The zero-order valence-electron chi connectivity index (χ0n) is 14.1. The number of nitrogens with two attached hydrogens (primary N) is 1. The third-order valence-electron chi connectivity index (χ3n) is 4.03. The first kappa shape index (κ1) is 16.5. The van der Waals surface area contributed by atoms with Crippen LogP contribution < -0.4 is 16.0 Å². The summed E-state index contributed by atoms with van der Waals surface area (Å²) in [6, 6.07) is 13.0. The van der Waals surface area contributed by atoms with Gasteiger partial charge in [-0.25, -0.2) is 0 Å². The molecule has 0 unspecified atom stereocenters. The number of anilines is 3. The number of carbonyl (C=O) groups is 1. The van der Waals surface area contributed by atoms with Gasteiger partial charge in [0.15, 0.2) is 0 Å². The average molecular weight is 332 g/mol. The number of fused-ring (bicyclic) bond motifs is 1. The highest BCUT2D eigenvalue weighted by atomic mass is 16.2. The normalized spacial score (nSPS) is 13.6. The molecular weight excluding hydrogens is 312 g/mol. The standard InChI is InChI=1S/C20H20N4O/c1-13(22-3)9-14(2)23-17-5-4-6-18(11-17)24-12-15-10-16(21)7-8-19(15)20(24)25/h4-11,23H,2-3,12,21H2,1H3/b13-9-. The number of amides is 1. The Kier molecular flexibility index (Phi) is 4.39. The molecule has 0 saturated heterocycles. The van der Waals surface area contributed by atoms with E-state index in [-0.39, 0.29) is 5.91 Å². The van der Waals surface area contributed by atoms with Crippen molar-refractivity contribution in [3.8, 4) is 0 Å². The number of nitrogens with one attached hydrogen (secondary N) is 1. The first-order chi connectivity index (χ1) is 12.0. The van der Waals surface area contributed by atoms with E-state index >= 15 is 0 Å². The van der Waals surface area contributed by atoms with Gasteiger partial charge in [0.2, 0.25) is 0 Å². The second-order valence-corrected chi connectivity index (χ2v) is 5.95. The molecule has 0 saturated carbocycles. The zero-order chi connectivity index (χ0) is 18.0. The molecule has 0 fully saturated rings. The molecule has 5 nitrogen and oxygen atoms in total. The molecule has 0 bridgehead atoms. The quantitative estimate of drug-likeness (QED) is 0.494. The maximum atomic E-state index is 12.6. The van der Waals surface area contributed by atoms with Crippen molar-refractivity contribution in [2.24, 2.45) is 4.99 Å². The van der Waals surface area contributed by atoms with Crippen LogP contribution in [0.15, 0.2) is 71.5 Å². The lowest BCUT2D eigenvalue weighted by Gasteiger charge is -2.17. The van der Waals surface area contributed by atoms with Crippen LogP contribution >= 0.6 is 0 Å². The Balaban J connectivity index is 1.82. The van der Waals surface area contributed by atoms with Gasteiger partial charge in [0.1, 0.15) is 0 Å². The van der Waals surface area contributed by atoms with Gasteiger partial charge in [-0.05, 0) is 61.7 Å². The van der Waals surface area contributed by atoms with Crippen molar-refractivity contribution >= 4 is 29.7 Å². The maximum Gasteiger partial charge on any atom is 0.258 e. The van der Waals surface area contributed by atoms with Gasteiger partial charge >= 0.3 is 0 Å². The van der Waals surface area contributed by atoms with E-state index in [0.29, 0.717) is 23.5 Å². The largest absolute Gasteiger partial charge is 0.399 e. The van der Waals surface area contributed by atoms with E-state index < -0.39 is 0 Å². The van der Waals surface area contributed by atoms with Crippen molar-refractivity contribution in [1.29, 1.82) is 0 Å². The molecule has 3 N–H and O–H groups in total. The molecule has 0 radical (unpaired) electrons. The third-order valence-corrected chi connectivity index (χ3v) is 4.03. The van der Waals surface area contributed by atoms with Gasteiger partial charge in [0, 0.05) is 34.0 Å². The molecule has 2 aromatic carbocycles. The number of hydrogen-bond acceptors (Lipinski definition) is 4. The number of nitrogens with zero attached hydrogens (tertiary/aromatic N) is 2. The van der Waals surface area contributed by atoms with Crippen molar-refractivity contribution in [3.05, 3.63) is 77.6 Å². The van der Waals surface area contributed by atoms with Crippen molar-refractivity contribution in [1.82, 2.24) is 0 Å². The van der Waals surface area contributed by atoms with Gasteiger partial charge in [-0.1, -0.05) is 12.6 Å². The molecular formula is C20H20N4O. The monoisotopic (exact) mass is 332 g/mol. The minimum atomic E-state index is -0.0161. The van der Waals surface area contributed by atoms with Crippen molar-refractivity contribution in [2.75, 3.05) is 16.0 Å². The average Bonchev–Trinajstić information content (AvgIpc) is 2.91. The van der Waals surface area contributed by atoms with Crippen LogP contribution in [0, 0.1) is 0 Å². The molecule has 5 heteroatoms. The maximum absolute atomic E-state index is 12.6. The summed E-state index contributed by atoms with van der Waals surface area (Å²) in [5.41, 5.74) is 11.3. The number of nitrogen functional groups attached to an aromatic ring is 1. The Labute approximate surface area is 147 Å². The molecule has 126 valence electrons. The summed E-state index contributed by atoms with van der Waals surface area (Å²) in [7, 11) is 0. The number of benzene rings is 2. The summed E-state index contributed by atoms with van der Waals surface area (Å²) >= 11 is 0. The Hall–Kier alpha value is -3.34. The zero-order valence-corrected chi connectivity index (χ0v) is 14.1. The lowest BCUT2D eigenvalue weighted by Crippen LogP contribution is -2.22. The molecule has 3 rings (SSSR count). The lowest BCUT2D eigenvalue weighted by molar-refractivity contribution is 0.0996. The SMILES string of the molecule is C=N/C(C)=C\C(=C)Nc1cccc(N2Cc3cc(N)ccc3C2=O)c1. The second kappa shape index (κ2) is 6.65. The molecule has 0 aliphatic carbocycles. The van der Waals surface area contributed by atoms with Gasteiger partial charge in [-0.15, -0.1) is 0 Å². The summed E-state index contributed by atoms with van der Waals surface area (Å²) in [5.74, 6) is -0.0161. The van der Waals surface area contributed by atoms with Crippen molar-refractivity contribution < 1.29 is 4.79 Å². The van der Waals surface area contributed by atoms with E-state index in [4.69, 9.17) is 5.73 Å². The summed E-state index contributed by atoms with van der Waals surface area (Å²) in [6.45, 7) is 9.80. The van der Waals surface area contributed by atoms with Crippen LogP contribution in [0.3, 0.4) is 0 Å². The highest BCUT2D eigenvalue weighted by Crippen LogP contribution is 2.31.